The van der Waals surface area contributed by atoms with Crippen molar-refractivity contribution in [2.45, 2.75) is 0 Å². The van der Waals surface area contributed by atoms with Crippen LogP contribution in [0.4, 0.5) is 20.2 Å². The first-order chi connectivity index (χ1) is 8.99. The maximum Gasteiger partial charge on any atom is 0.255 e. The number of carbonyl (C=O) groups is 1. The fraction of sp³-hybridized carbons (Fsp3) is 0. The minimum atomic E-state index is -0.973. The van der Waals surface area contributed by atoms with Gasteiger partial charge >= 0.3 is 0 Å². The molecule has 0 atom stereocenters. The summed E-state index contributed by atoms with van der Waals surface area (Å²) in [6, 6.07) is 3.30. The van der Waals surface area contributed by atoms with Crippen LogP contribution >= 0.6 is 15.9 Å². The van der Waals surface area contributed by atoms with E-state index in [4.69, 9.17) is 5.73 Å². The van der Waals surface area contributed by atoms with E-state index in [1.54, 1.807) is 6.07 Å². The van der Waals surface area contributed by atoms with Gasteiger partial charge in [-0.1, -0.05) is 0 Å². The number of nitrogens with zero attached hydrogens (tertiary/aromatic N) is 1. The summed E-state index contributed by atoms with van der Waals surface area (Å²) in [6.45, 7) is 0. The summed E-state index contributed by atoms with van der Waals surface area (Å²) in [6.07, 6.45) is 2.96. The van der Waals surface area contributed by atoms with E-state index in [1.165, 1.54) is 12.4 Å². The summed E-state index contributed by atoms with van der Waals surface area (Å²) in [5.41, 5.74) is 4.80. The van der Waals surface area contributed by atoms with Gasteiger partial charge in [-0.2, -0.15) is 0 Å². The summed E-state index contributed by atoms with van der Waals surface area (Å²) in [5, 5.41) is 2.50. The molecule has 98 valence electrons. The standard InChI is InChI=1S/C12H8BrF2N3O/c13-7-5-17-2-1-10(7)18-12(19)6-3-8(14)11(16)9(15)4-6/h1-5H,16H2,(H,17,18,19). The van der Waals surface area contributed by atoms with Crippen molar-refractivity contribution in [2.75, 3.05) is 11.1 Å². The van der Waals surface area contributed by atoms with Crippen molar-refractivity contribution in [3.05, 3.63) is 52.3 Å². The Morgan fingerprint density at radius 1 is 1.32 bits per heavy atom. The number of halogens is 3. The van der Waals surface area contributed by atoms with E-state index >= 15 is 0 Å². The predicted octanol–water partition coefficient (Wildman–Crippen LogP) is 2.96. The summed E-state index contributed by atoms with van der Waals surface area (Å²) < 4.78 is 27.1. The predicted molar refractivity (Wildman–Crippen MR) is 70.7 cm³/mol. The van der Waals surface area contributed by atoms with Gasteiger partial charge in [0.1, 0.15) is 17.3 Å². The van der Waals surface area contributed by atoms with Crippen molar-refractivity contribution >= 4 is 33.2 Å². The van der Waals surface area contributed by atoms with Crippen LogP contribution in [-0.4, -0.2) is 10.9 Å². The molecular formula is C12H8BrF2N3O. The van der Waals surface area contributed by atoms with E-state index in [2.05, 4.69) is 26.2 Å². The van der Waals surface area contributed by atoms with Crippen LogP contribution in [0.1, 0.15) is 10.4 Å². The molecule has 0 radical (unpaired) electrons. The Morgan fingerprint density at radius 3 is 2.53 bits per heavy atom. The molecule has 0 aliphatic heterocycles. The van der Waals surface area contributed by atoms with Crippen LogP contribution in [0.3, 0.4) is 0 Å². The lowest BCUT2D eigenvalue weighted by Crippen LogP contribution is -2.13. The van der Waals surface area contributed by atoms with Gasteiger partial charge in [-0.05, 0) is 34.1 Å². The molecule has 0 saturated heterocycles. The summed E-state index contributed by atoms with van der Waals surface area (Å²) in [5.74, 6) is -2.59. The highest BCUT2D eigenvalue weighted by Crippen LogP contribution is 2.22. The first-order valence-corrected chi connectivity index (χ1v) is 5.93. The Morgan fingerprint density at radius 2 is 1.95 bits per heavy atom. The Bertz CT molecular complexity index is 626. The van der Waals surface area contributed by atoms with Crippen molar-refractivity contribution < 1.29 is 13.6 Å². The summed E-state index contributed by atoms with van der Waals surface area (Å²) in [7, 11) is 0. The van der Waals surface area contributed by atoms with Gasteiger partial charge < -0.3 is 11.1 Å². The number of nitrogens with two attached hydrogens (primary N) is 1. The van der Waals surface area contributed by atoms with Gasteiger partial charge in [-0.3, -0.25) is 9.78 Å². The van der Waals surface area contributed by atoms with Crippen LogP contribution in [0.15, 0.2) is 35.1 Å². The molecule has 4 nitrogen and oxygen atoms in total. The normalized spacial score (nSPS) is 10.3. The lowest BCUT2D eigenvalue weighted by molar-refractivity contribution is 0.102. The average Bonchev–Trinajstić information content (AvgIpc) is 2.38. The van der Waals surface area contributed by atoms with Gasteiger partial charge in [0.15, 0.2) is 0 Å². The molecule has 0 fully saturated rings. The van der Waals surface area contributed by atoms with Crippen molar-refractivity contribution in [1.29, 1.82) is 0 Å². The van der Waals surface area contributed by atoms with E-state index < -0.39 is 23.2 Å². The van der Waals surface area contributed by atoms with Gasteiger partial charge in [0.2, 0.25) is 0 Å². The first kappa shape index (κ1) is 13.4. The molecular weight excluding hydrogens is 320 g/mol. The molecule has 0 bridgehead atoms. The van der Waals surface area contributed by atoms with Crippen molar-refractivity contribution in [3.63, 3.8) is 0 Å². The third kappa shape index (κ3) is 2.87. The second kappa shape index (κ2) is 5.31. The highest BCUT2D eigenvalue weighted by Gasteiger charge is 2.14. The van der Waals surface area contributed by atoms with Crippen LogP contribution < -0.4 is 11.1 Å². The third-order valence-corrected chi connectivity index (χ3v) is 2.99. The Labute approximate surface area is 115 Å². The van der Waals surface area contributed by atoms with Crippen LogP contribution in [0.25, 0.3) is 0 Å². The SMILES string of the molecule is Nc1c(F)cc(C(=O)Nc2ccncc2Br)cc1F. The molecule has 1 aromatic heterocycles. The van der Waals surface area contributed by atoms with Crippen LogP contribution in [-0.2, 0) is 0 Å². The fourth-order valence-electron chi connectivity index (χ4n) is 1.39. The number of rotatable bonds is 2. The molecule has 1 amide bonds. The van der Waals surface area contributed by atoms with E-state index in [-0.39, 0.29) is 5.56 Å². The van der Waals surface area contributed by atoms with E-state index in [1.807, 2.05) is 0 Å². The van der Waals surface area contributed by atoms with Gasteiger partial charge in [0.25, 0.3) is 5.91 Å². The largest absolute Gasteiger partial charge is 0.394 e. The van der Waals surface area contributed by atoms with E-state index in [0.29, 0.717) is 10.2 Å². The van der Waals surface area contributed by atoms with Crippen molar-refractivity contribution in [2.24, 2.45) is 0 Å². The topological polar surface area (TPSA) is 68.0 Å². The van der Waals surface area contributed by atoms with Crippen molar-refractivity contribution in [1.82, 2.24) is 4.98 Å². The molecule has 19 heavy (non-hydrogen) atoms. The first-order valence-electron chi connectivity index (χ1n) is 5.14. The number of aromatic nitrogens is 1. The lowest BCUT2D eigenvalue weighted by atomic mass is 10.1. The van der Waals surface area contributed by atoms with Gasteiger partial charge in [0.05, 0.1) is 10.2 Å². The maximum atomic E-state index is 13.3. The number of hydrogen-bond acceptors (Lipinski definition) is 3. The minimum absolute atomic E-state index is 0.159. The fourth-order valence-corrected chi connectivity index (χ4v) is 1.74. The average molecular weight is 328 g/mol. The highest BCUT2D eigenvalue weighted by atomic mass is 79.9. The number of amides is 1. The summed E-state index contributed by atoms with van der Waals surface area (Å²) in [4.78, 5) is 15.7. The van der Waals surface area contributed by atoms with Crippen LogP contribution in [0, 0.1) is 11.6 Å². The van der Waals surface area contributed by atoms with E-state index in [0.717, 1.165) is 12.1 Å². The van der Waals surface area contributed by atoms with Crippen molar-refractivity contribution in [3.8, 4) is 0 Å². The number of anilines is 2. The lowest BCUT2D eigenvalue weighted by Gasteiger charge is -2.08. The highest BCUT2D eigenvalue weighted by molar-refractivity contribution is 9.10. The van der Waals surface area contributed by atoms with Crippen LogP contribution in [0.2, 0.25) is 0 Å². The second-order valence-electron chi connectivity index (χ2n) is 3.66. The Hall–Kier alpha value is -2.02. The molecule has 0 spiro atoms. The molecule has 2 rings (SSSR count). The number of nitrogens with one attached hydrogen (secondary N) is 1. The van der Waals surface area contributed by atoms with Gasteiger partial charge in [0, 0.05) is 18.0 Å². The number of benzene rings is 1. The van der Waals surface area contributed by atoms with Gasteiger partial charge in [-0.15, -0.1) is 0 Å². The van der Waals surface area contributed by atoms with Gasteiger partial charge in [-0.25, -0.2) is 8.78 Å². The maximum absolute atomic E-state index is 13.3. The van der Waals surface area contributed by atoms with Crippen LogP contribution in [0.5, 0.6) is 0 Å². The number of pyridine rings is 1. The zero-order chi connectivity index (χ0) is 14.0. The number of nitrogen functional groups attached to an aromatic ring is 1. The molecule has 0 aliphatic rings. The molecule has 0 saturated carbocycles. The molecule has 0 aliphatic carbocycles. The molecule has 0 unspecified atom stereocenters. The Kier molecular flexibility index (Phi) is 3.75. The molecule has 1 aromatic carbocycles. The molecule has 1 heterocycles. The zero-order valence-corrected chi connectivity index (χ0v) is 11.0. The van der Waals surface area contributed by atoms with E-state index in [9.17, 15) is 13.6 Å². The number of carbonyl (C=O) groups excluding carboxylic acids is 1. The Balaban J connectivity index is 2.28. The second-order valence-corrected chi connectivity index (χ2v) is 4.52. The summed E-state index contributed by atoms with van der Waals surface area (Å²) >= 11 is 3.19. The zero-order valence-electron chi connectivity index (χ0n) is 9.45. The minimum Gasteiger partial charge on any atom is -0.394 e. The smallest absolute Gasteiger partial charge is 0.255 e. The monoisotopic (exact) mass is 327 g/mol. The quantitative estimate of drug-likeness (QED) is 0.833. The molecule has 2 aromatic rings. The molecule has 3 N–H and O–H groups in total. The third-order valence-electron chi connectivity index (χ3n) is 2.36. The number of hydrogen-bond donors (Lipinski definition) is 2. The molecule has 7 heteroatoms.